The normalized spacial score (nSPS) is 19.8. The summed E-state index contributed by atoms with van der Waals surface area (Å²) in [5.41, 5.74) is 0.634. The molecule has 0 radical (unpaired) electrons. The Bertz CT molecular complexity index is 1050. The van der Waals surface area contributed by atoms with E-state index in [4.69, 9.17) is 9.84 Å². The fourth-order valence-electron chi connectivity index (χ4n) is 3.87. The van der Waals surface area contributed by atoms with Crippen molar-refractivity contribution in [3.63, 3.8) is 0 Å². The predicted molar refractivity (Wildman–Crippen MR) is 133 cm³/mol. The van der Waals surface area contributed by atoms with Gasteiger partial charge in [0.1, 0.15) is 23.8 Å². The number of nitrogens with one attached hydrogen (secondary N) is 1. The predicted octanol–water partition coefficient (Wildman–Crippen LogP) is 2.78. The van der Waals surface area contributed by atoms with E-state index in [1.165, 1.54) is 11.0 Å². The lowest BCUT2D eigenvalue weighted by Crippen LogP contribution is -2.54. The molecule has 182 valence electrons. The van der Waals surface area contributed by atoms with Gasteiger partial charge in [0.05, 0.1) is 16.2 Å². The van der Waals surface area contributed by atoms with Crippen LogP contribution in [0.4, 0.5) is 4.39 Å². The molecule has 3 unspecified atom stereocenters. The number of rotatable bonds is 9. The smallest absolute Gasteiger partial charge is 0.247 e. The number of ether oxygens (including phenoxy) is 1. The van der Waals surface area contributed by atoms with Crippen LogP contribution in [0.3, 0.4) is 0 Å². The Morgan fingerprint density at radius 2 is 1.91 bits per heavy atom. The Kier molecular flexibility index (Phi) is 9.43. The summed E-state index contributed by atoms with van der Waals surface area (Å²) in [6.45, 7) is 1.48. The van der Waals surface area contributed by atoms with Crippen molar-refractivity contribution < 1.29 is 28.9 Å². The average Bonchev–Trinajstić information content (AvgIpc) is 2.84. The standard InChI is InChI=1S/C25H28FIN2O5/c1-2-23(31)29(15-16-7-3-4-8-18(16)26)20-13-17(25(33)28-11-12-30)14-22(24(20)32)34-21-10-6-5-9-19(21)27/h3-10,14,20,22,24,30,32H,2,11-13,15H2,1H3,(H,28,33). The minimum absolute atomic E-state index is 0.0534. The zero-order valence-corrected chi connectivity index (χ0v) is 20.9. The first-order valence-corrected chi connectivity index (χ1v) is 12.2. The summed E-state index contributed by atoms with van der Waals surface area (Å²) in [5.74, 6) is -0.624. The molecule has 0 saturated carbocycles. The number of amides is 2. The molecule has 1 aliphatic carbocycles. The van der Waals surface area contributed by atoms with Crippen molar-refractivity contribution in [2.24, 2.45) is 0 Å². The van der Waals surface area contributed by atoms with Crippen molar-refractivity contribution in [3.8, 4) is 5.75 Å². The minimum Gasteiger partial charge on any atom is -0.482 e. The van der Waals surface area contributed by atoms with Crippen LogP contribution in [-0.2, 0) is 16.1 Å². The third-order valence-electron chi connectivity index (χ3n) is 5.64. The molecule has 3 rings (SSSR count). The van der Waals surface area contributed by atoms with Gasteiger partial charge in [-0.1, -0.05) is 37.3 Å². The van der Waals surface area contributed by atoms with Crippen LogP contribution in [-0.4, -0.2) is 58.3 Å². The van der Waals surface area contributed by atoms with E-state index in [-0.39, 0.29) is 38.4 Å². The Balaban J connectivity index is 1.97. The number of carbonyl (C=O) groups is 2. The van der Waals surface area contributed by atoms with E-state index in [9.17, 15) is 19.1 Å². The number of hydrogen-bond donors (Lipinski definition) is 3. The minimum atomic E-state index is -1.16. The Morgan fingerprint density at radius 1 is 1.21 bits per heavy atom. The van der Waals surface area contributed by atoms with Crippen LogP contribution >= 0.6 is 22.6 Å². The molecule has 9 heteroatoms. The first-order chi connectivity index (χ1) is 16.3. The second-order valence-corrected chi connectivity index (χ2v) is 9.08. The third-order valence-corrected chi connectivity index (χ3v) is 6.53. The number of halogens is 2. The SMILES string of the molecule is CCC(=O)N(Cc1ccccc1F)C1CC(C(=O)NCCO)=CC(Oc2ccccc2I)C1O. The summed E-state index contributed by atoms with van der Waals surface area (Å²) in [5, 5.41) is 23.0. The molecule has 0 aromatic heterocycles. The van der Waals surface area contributed by atoms with Gasteiger partial charge in [0.2, 0.25) is 11.8 Å². The zero-order chi connectivity index (χ0) is 24.7. The molecular formula is C25H28FIN2O5. The maximum absolute atomic E-state index is 14.4. The molecule has 2 aromatic carbocycles. The van der Waals surface area contributed by atoms with Gasteiger partial charge >= 0.3 is 0 Å². The largest absolute Gasteiger partial charge is 0.482 e. The molecule has 0 fully saturated rings. The van der Waals surface area contributed by atoms with Gasteiger partial charge in [-0.05, 0) is 46.9 Å². The van der Waals surface area contributed by atoms with Crippen LogP contribution in [0.25, 0.3) is 0 Å². The summed E-state index contributed by atoms with van der Waals surface area (Å²) < 4.78 is 21.3. The van der Waals surface area contributed by atoms with Crippen LogP contribution < -0.4 is 10.1 Å². The van der Waals surface area contributed by atoms with E-state index in [2.05, 4.69) is 27.9 Å². The lowest BCUT2D eigenvalue weighted by Gasteiger charge is -2.40. The van der Waals surface area contributed by atoms with Gasteiger partial charge in [-0.25, -0.2) is 4.39 Å². The van der Waals surface area contributed by atoms with Gasteiger partial charge in [0.25, 0.3) is 0 Å². The molecule has 0 bridgehead atoms. The van der Waals surface area contributed by atoms with Gasteiger partial charge in [0, 0.05) is 37.1 Å². The highest BCUT2D eigenvalue weighted by atomic mass is 127. The van der Waals surface area contributed by atoms with Crippen molar-refractivity contribution in [2.75, 3.05) is 13.2 Å². The van der Waals surface area contributed by atoms with Crippen molar-refractivity contribution in [1.82, 2.24) is 10.2 Å². The number of para-hydroxylation sites is 1. The van der Waals surface area contributed by atoms with Crippen LogP contribution in [0.2, 0.25) is 0 Å². The van der Waals surface area contributed by atoms with Crippen molar-refractivity contribution in [1.29, 1.82) is 0 Å². The van der Waals surface area contributed by atoms with Crippen molar-refractivity contribution in [3.05, 3.63) is 75.1 Å². The highest BCUT2D eigenvalue weighted by molar-refractivity contribution is 14.1. The molecule has 3 N–H and O–H groups in total. The number of nitrogens with zero attached hydrogens (tertiary/aromatic N) is 1. The molecule has 0 heterocycles. The quantitative estimate of drug-likeness (QED) is 0.396. The first kappa shape index (κ1) is 26.1. The lowest BCUT2D eigenvalue weighted by atomic mass is 9.87. The van der Waals surface area contributed by atoms with Crippen LogP contribution in [0.5, 0.6) is 5.75 Å². The van der Waals surface area contributed by atoms with Crippen LogP contribution in [0.1, 0.15) is 25.3 Å². The molecule has 0 saturated heterocycles. The Hall–Kier alpha value is -2.50. The molecule has 2 amide bonds. The highest BCUT2D eigenvalue weighted by Crippen LogP contribution is 2.30. The van der Waals surface area contributed by atoms with E-state index in [1.807, 2.05) is 12.1 Å². The Labute approximate surface area is 211 Å². The van der Waals surface area contributed by atoms with Gasteiger partial charge in [-0.15, -0.1) is 0 Å². The maximum Gasteiger partial charge on any atom is 0.247 e. The van der Waals surface area contributed by atoms with Gasteiger partial charge in [-0.2, -0.15) is 0 Å². The van der Waals surface area contributed by atoms with Crippen molar-refractivity contribution >= 4 is 34.4 Å². The van der Waals surface area contributed by atoms with E-state index >= 15 is 0 Å². The number of carbonyl (C=O) groups excluding carboxylic acids is 2. The molecule has 3 atom stereocenters. The Morgan fingerprint density at radius 3 is 2.59 bits per heavy atom. The topological polar surface area (TPSA) is 99.1 Å². The maximum atomic E-state index is 14.4. The molecule has 7 nitrogen and oxygen atoms in total. The summed E-state index contributed by atoms with van der Waals surface area (Å²) in [7, 11) is 0. The van der Waals surface area contributed by atoms with E-state index in [0.29, 0.717) is 16.9 Å². The average molecular weight is 582 g/mol. The van der Waals surface area contributed by atoms with E-state index in [0.717, 1.165) is 3.57 Å². The van der Waals surface area contributed by atoms with Crippen molar-refractivity contribution in [2.45, 2.75) is 44.6 Å². The second kappa shape index (κ2) is 12.3. The number of aliphatic hydroxyl groups excluding tert-OH is 2. The monoisotopic (exact) mass is 582 g/mol. The fourth-order valence-corrected chi connectivity index (χ4v) is 4.38. The second-order valence-electron chi connectivity index (χ2n) is 7.91. The summed E-state index contributed by atoms with van der Waals surface area (Å²) in [4.78, 5) is 27.1. The highest BCUT2D eigenvalue weighted by Gasteiger charge is 2.40. The van der Waals surface area contributed by atoms with Gasteiger partial charge in [0.15, 0.2) is 0 Å². The zero-order valence-electron chi connectivity index (χ0n) is 18.8. The summed E-state index contributed by atoms with van der Waals surface area (Å²) >= 11 is 2.11. The molecule has 1 aliphatic rings. The molecular weight excluding hydrogens is 554 g/mol. The summed E-state index contributed by atoms with van der Waals surface area (Å²) in [6.07, 6.45) is -0.320. The lowest BCUT2D eigenvalue weighted by molar-refractivity contribution is -0.139. The molecule has 0 spiro atoms. The molecule has 34 heavy (non-hydrogen) atoms. The summed E-state index contributed by atoms with van der Waals surface area (Å²) in [6, 6.07) is 12.6. The van der Waals surface area contributed by atoms with Gasteiger partial charge in [-0.3, -0.25) is 9.59 Å². The third kappa shape index (κ3) is 6.34. The number of hydrogen-bond acceptors (Lipinski definition) is 5. The number of aliphatic hydroxyl groups is 2. The fraction of sp³-hybridized carbons (Fsp3) is 0.360. The van der Waals surface area contributed by atoms with Gasteiger partial charge < -0.3 is 25.2 Å². The van der Waals surface area contributed by atoms with E-state index in [1.54, 1.807) is 43.3 Å². The molecule has 2 aromatic rings. The first-order valence-electron chi connectivity index (χ1n) is 11.1. The van der Waals surface area contributed by atoms with E-state index < -0.39 is 30.0 Å². The van der Waals surface area contributed by atoms with Crippen LogP contribution in [0, 0.1) is 9.39 Å². The number of benzene rings is 2. The molecule has 0 aliphatic heterocycles. The van der Waals surface area contributed by atoms with Crippen LogP contribution in [0.15, 0.2) is 60.2 Å².